The van der Waals surface area contributed by atoms with E-state index in [2.05, 4.69) is 15.3 Å². The van der Waals surface area contributed by atoms with E-state index in [1.807, 2.05) is 6.92 Å². The van der Waals surface area contributed by atoms with Gasteiger partial charge in [-0.15, -0.1) is 0 Å². The predicted molar refractivity (Wildman–Crippen MR) is 69.4 cm³/mol. The predicted octanol–water partition coefficient (Wildman–Crippen LogP) is 2.60. The van der Waals surface area contributed by atoms with Crippen molar-refractivity contribution in [2.24, 2.45) is 0 Å². The van der Waals surface area contributed by atoms with Crippen LogP contribution in [0.1, 0.15) is 28.9 Å². The summed E-state index contributed by atoms with van der Waals surface area (Å²) < 4.78 is 5.41. The van der Waals surface area contributed by atoms with Crippen LogP contribution in [0.4, 0.5) is 5.82 Å². The first-order chi connectivity index (χ1) is 9.10. The molecule has 0 radical (unpaired) electrons. The fraction of sp³-hybridized carbons (Fsp3) is 0.250. The van der Waals surface area contributed by atoms with E-state index in [4.69, 9.17) is 21.1 Å². The monoisotopic (exact) mass is 281 g/mol. The molecular formula is C12H12ClN3O3. The summed E-state index contributed by atoms with van der Waals surface area (Å²) in [5.41, 5.74) is 0.000757. The number of aromatic carboxylic acids is 1. The lowest BCUT2D eigenvalue weighted by Gasteiger charge is -2.05. The van der Waals surface area contributed by atoms with Gasteiger partial charge in [-0.1, -0.05) is 18.5 Å². The van der Waals surface area contributed by atoms with Crippen LogP contribution in [0.3, 0.4) is 0 Å². The zero-order valence-corrected chi connectivity index (χ0v) is 10.9. The third-order valence-electron chi connectivity index (χ3n) is 2.46. The highest BCUT2D eigenvalue weighted by molar-refractivity contribution is 6.33. The number of rotatable bonds is 5. The van der Waals surface area contributed by atoms with E-state index in [0.717, 1.165) is 12.2 Å². The normalized spacial score (nSPS) is 10.4. The van der Waals surface area contributed by atoms with Crippen LogP contribution in [-0.2, 0) is 13.0 Å². The maximum Gasteiger partial charge on any atom is 0.337 e. The fourth-order valence-electron chi connectivity index (χ4n) is 1.46. The van der Waals surface area contributed by atoms with Crippen molar-refractivity contribution >= 4 is 23.4 Å². The summed E-state index contributed by atoms with van der Waals surface area (Å²) >= 11 is 5.73. The molecule has 2 N–H and O–H groups in total. The van der Waals surface area contributed by atoms with Crippen molar-refractivity contribution in [2.75, 3.05) is 5.32 Å². The molecule has 0 amide bonds. The van der Waals surface area contributed by atoms with Crippen LogP contribution in [-0.4, -0.2) is 21.0 Å². The van der Waals surface area contributed by atoms with Crippen molar-refractivity contribution in [1.82, 2.24) is 9.97 Å². The van der Waals surface area contributed by atoms with E-state index in [1.165, 1.54) is 12.3 Å². The van der Waals surface area contributed by atoms with Crippen LogP contribution in [0.2, 0.25) is 5.02 Å². The van der Waals surface area contributed by atoms with E-state index in [0.29, 0.717) is 18.3 Å². The van der Waals surface area contributed by atoms with E-state index >= 15 is 0 Å². The average molecular weight is 282 g/mol. The SMILES string of the molecule is CCc1cnc(CNc2cc(C(=O)O)c(Cl)cn2)o1. The number of halogens is 1. The number of oxazole rings is 1. The van der Waals surface area contributed by atoms with Crippen LogP contribution in [0, 0.1) is 0 Å². The van der Waals surface area contributed by atoms with Gasteiger partial charge in [-0.05, 0) is 6.07 Å². The topological polar surface area (TPSA) is 88.2 Å². The van der Waals surface area contributed by atoms with E-state index in [9.17, 15) is 4.79 Å². The van der Waals surface area contributed by atoms with Gasteiger partial charge in [-0.2, -0.15) is 0 Å². The number of nitrogens with zero attached hydrogens (tertiary/aromatic N) is 2. The maximum absolute atomic E-state index is 10.9. The summed E-state index contributed by atoms with van der Waals surface area (Å²) in [6.07, 6.45) is 3.73. The van der Waals surface area contributed by atoms with Crippen molar-refractivity contribution in [3.05, 3.63) is 40.7 Å². The number of carboxylic acids is 1. The first-order valence-corrected chi connectivity index (χ1v) is 6.04. The molecule has 2 rings (SSSR count). The van der Waals surface area contributed by atoms with Gasteiger partial charge in [0.25, 0.3) is 0 Å². The quantitative estimate of drug-likeness (QED) is 0.876. The van der Waals surface area contributed by atoms with Crippen LogP contribution in [0.25, 0.3) is 0 Å². The van der Waals surface area contributed by atoms with Gasteiger partial charge in [0.15, 0.2) is 0 Å². The van der Waals surface area contributed by atoms with Gasteiger partial charge in [0.1, 0.15) is 11.6 Å². The molecule has 0 saturated heterocycles. The minimum Gasteiger partial charge on any atom is -0.478 e. The Labute approximate surface area is 114 Å². The van der Waals surface area contributed by atoms with Crippen molar-refractivity contribution in [3.8, 4) is 0 Å². The largest absolute Gasteiger partial charge is 0.478 e. The van der Waals surface area contributed by atoms with E-state index in [-0.39, 0.29) is 10.6 Å². The van der Waals surface area contributed by atoms with Crippen LogP contribution in [0.15, 0.2) is 22.9 Å². The second-order valence-corrected chi connectivity index (χ2v) is 4.19. The van der Waals surface area contributed by atoms with Gasteiger partial charge >= 0.3 is 5.97 Å². The zero-order chi connectivity index (χ0) is 13.8. The lowest BCUT2D eigenvalue weighted by atomic mass is 10.2. The summed E-state index contributed by atoms with van der Waals surface area (Å²) in [5.74, 6) is 0.621. The summed E-state index contributed by atoms with van der Waals surface area (Å²) in [4.78, 5) is 19.0. The minimum absolute atomic E-state index is 0.000757. The molecule has 0 bridgehead atoms. The Morgan fingerprint density at radius 3 is 2.89 bits per heavy atom. The standard InChI is InChI=1S/C12H12ClN3O3/c1-2-7-4-16-11(19-7)6-15-10-3-8(12(17)18)9(13)5-14-10/h3-5H,2,6H2,1H3,(H,14,15)(H,17,18). The summed E-state index contributed by atoms with van der Waals surface area (Å²) in [6.45, 7) is 2.30. The highest BCUT2D eigenvalue weighted by atomic mass is 35.5. The van der Waals surface area contributed by atoms with Gasteiger partial charge in [0.05, 0.1) is 23.3 Å². The van der Waals surface area contributed by atoms with Crippen molar-refractivity contribution in [3.63, 3.8) is 0 Å². The van der Waals surface area contributed by atoms with Crippen LogP contribution >= 0.6 is 11.6 Å². The Balaban J connectivity index is 2.07. The number of aryl methyl sites for hydroxylation is 1. The molecule has 2 heterocycles. The number of carbonyl (C=O) groups is 1. The number of anilines is 1. The third kappa shape index (κ3) is 3.23. The second kappa shape index (κ2) is 5.71. The number of hydrogen-bond donors (Lipinski definition) is 2. The van der Waals surface area contributed by atoms with Crippen LogP contribution in [0.5, 0.6) is 0 Å². The lowest BCUT2D eigenvalue weighted by Crippen LogP contribution is -2.04. The lowest BCUT2D eigenvalue weighted by molar-refractivity contribution is 0.0697. The van der Waals surface area contributed by atoms with Gasteiger partial charge in [0.2, 0.25) is 5.89 Å². The fourth-order valence-corrected chi connectivity index (χ4v) is 1.64. The van der Waals surface area contributed by atoms with Crippen molar-refractivity contribution in [1.29, 1.82) is 0 Å². The molecule has 0 spiro atoms. The molecule has 2 aromatic heterocycles. The molecule has 0 unspecified atom stereocenters. The van der Waals surface area contributed by atoms with Crippen LogP contribution < -0.4 is 5.32 Å². The van der Waals surface area contributed by atoms with Crippen molar-refractivity contribution in [2.45, 2.75) is 19.9 Å². The Morgan fingerprint density at radius 2 is 2.26 bits per heavy atom. The molecule has 100 valence electrons. The Bertz CT molecular complexity index is 598. The van der Waals surface area contributed by atoms with Gasteiger partial charge in [-0.3, -0.25) is 0 Å². The molecule has 0 aliphatic carbocycles. The third-order valence-corrected chi connectivity index (χ3v) is 2.76. The molecule has 7 heteroatoms. The first-order valence-electron chi connectivity index (χ1n) is 5.66. The first kappa shape index (κ1) is 13.4. The smallest absolute Gasteiger partial charge is 0.337 e. The molecule has 0 fully saturated rings. The molecule has 19 heavy (non-hydrogen) atoms. The van der Waals surface area contributed by atoms with Gasteiger partial charge < -0.3 is 14.8 Å². The minimum atomic E-state index is -1.10. The van der Waals surface area contributed by atoms with E-state index in [1.54, 1.807) is 6.20 Å². The molecular weight excluding hydrogens is 270 g/mol. The number of hydrogen-bond acceptors (Lipinski definition) is 5. The molecule has 6 nitrogen and oxygen atoms in total. The molecule has 0 aromatic carbocycles. The zero-order valence-electron chi connectivity index (χ0n) is 10.2. The molecule has 0 aliphatic rings. The number of aromatic nitrogens is 2. The van der Waals surface area contributed by atoms with Crippen molar-refractivity contribution < 1.29 is 14.3 Å². The Kier molecular flexibility index (Phi) is 4.01. The van der Waals surface area contributed by atoms with Gasteiger partial charge in [-0.25, -0.2) is 14.8 Å². The highest BCUT2D eigenvalue weighted by Gasteiger charge is 2.10. The van der Waals surface area contributed by atoms with Gasteiger partial charge in [0, 0.05) is 12.6 Å². The molecule has 0 atom stereocenters. The highest BCUT2D eigenvalue weighted by Crippen LogP contribution is 2.18. The van der Waals surface area contributed by atoms with E-state index < -0.39 is 5.97 Å². The second-order valence-electron chi connectivity index (χ2n) is 3.78. The number of pyridine rings is 1. The molecule has 0 aliphatic heterocycles. The molecule has 0 saturated carbocycles. The summed E-state index contributed by atoms with van der Waals surface area (Å²) in [7, 11) is 0. The summed E-state index contributed by atoms with van der Waals surface area (Å²) in [6, 6.07) is 1.37. The Hall–Kier alpha value is -2.08. The molecule has 2 aromatic rings. The number of nitrogens with one attached hydrogen (secondary N) is 1. The Morgan fingerprint density at radius 1 is 1.47 bits per heavy atom. The number of carboxylic acid groups (broad SMARTS) is 1. The maximum atomic E-state index is 10.9. The summed E-state index contributed by atoms with van der Waals surface area (Å²) in [5, 5.41) is 12.0. The average Bonchev–Trinajstić information content (AvgIpc) is 2.85.